The number of pyridine rings is 1. The average molecular weight is 577 g/mol. The molecule has 2 aliphatic rings. The van der Waals surface area contributed by atoms with E-state index in [1.807, 2.05) is 19.1 Å². The first-order valence-corrected chi connectivity index (χ1v) is 14.0. The number of likely N-dealkylation sites (tertiary alicyclic amines) is 1. The lowest BCUT2D eigenvalue weighted by Crippen LogP contribution is -2.57. The summed E-state index contributed by atoms with van der Waals surface area (Å²) >= 11 is 0. The van der Waals surface area contributed by atoms with E-state index in [0.717, 1.165) is 55.2 Å². The van der Waals surface area contributed by atoms with Crippen LogP contribution in [0.25, 0.3) is 0 Å². The van der Waals surface area contributed by atoms with Crippen molar-refractivity contribution < 1.29 is 32.6 Å². The largest absolute Gasteiger partial charge is 0.497 e. The molecule has 1 aromatic heterocycles. The van der Waals surface area contributed by atoms with Crippen LogP contribution in [-0.4, -0.2) is 85.3 Å². The second-order valence-corrected chi connectivity index (χ2v) is 11.3. The summed E-state index contributed by atoms with van der Waals surface area (Å²) in [7, 11) is 4.74. The Morgan fingerprint density at radius 3 is 2.17 bits per heavy atom. The minimum Gasteiger partial charge on any atom is -0.497 e. The zero-order valence-electron chi connectivity index (χ0n) is 24.1. The third kappa shape index (κ3) is 6.45. The molecular weight excluding hydrogens is 537 g/mol. The predicted octanol–water partition coefficient (Wildman–Crippen LogP) is 4.40. The summed E-state index contributed by atoms with van der Waals surface area (Å²) in [4.78, 5) is 35.0. The Morgan fingerprint density at radius 2 is 1.63 bits per heavy atom. The zero-order chi connectivity index (χ0) is 29.9. The van der Waals surface area contributed by atoms with E-state index in [0.29, 0.717) is 35.9 Å². The van der Waals surface area contributed by atoms with Gasteiger partial charge in [0.05, 0.1) is 18.4 Å². The van der Waals surface area contributed by atoms with Crippen LogP contribution in [0.4, 0.5) is 19.0 Å². The van der Waals surface area contributed by atoms with Crippen molar-refractivity contribution in [3.05, 3.63) is 53.2 Å². The SMILES string of the molecule is COc1cccc([C@@](O)(C(=O)N2CCC(CC3CCN(c4ccc(C(=O)N(C)C)c(C)n4)CC3)CC2)C(F)(F)F)c1. The maximum atomic E-state index is 14.1. The molecule has 3 heterocycles. The molecule has 2 amide bonds. The van der Waals surface area contributed by atoms with E-state index in [1.165, 1.54) is 24.1 Å². The highest BCUT2D eigenvalue weighted by Crippen LogP contribution is 2.42. The first-order chi connectivity index (χ1) is 19.3. The number of alkyl halides is 3. The molecule has 11 heteroatoms. The summed E-state index contributed by atoms with van der Waals surface area (Å²) in [6.07, 6.45) is -1.08. The smallest absolute Gasteiger partial charge is 0.430 e. The number of ether oxygens (including phenoxy) is 1. The molecule has 2 aliphatic heterocycles. The lowest BCUT2D eigenvalue weighted by molar-refractivity contribution is -0.262. The van der Waals surface area contributed by atoms with E-state index in [2.05, 4.69) is 9.88 Å². The van der Waals surface area contributed by atoms with Gasteiger partial charge in [-0.2, -0.15) is 13.2 Å². The van der Waals surface area contributed by atoms with Crippen molar-refractivity contribution in [2.24, 2.45) is 11.8 Å². The topological polar surface area (TPSA) is 86.2 Å². The molecule has 41 heavy (non-hydrogen) atoms. The predicted molar refractivity (Wildman–Crippen MR) is 149 cm³/mol. The number of aliphatic hydroxyl groups is 1. The van der Waals surface area contributed by atoms with Crippen LogP contribution in [0.3, 0.4) is 0 Å². The molecule has 1 atom stereocenters. The number of piperidine rings is 2. The van der Waals surface area contributed by atoms with E-state index >= 15 is 0 Å². The van der Waals surface area contributed by atoms with Gasteiger partial charge >= 0.3 is 6.18 Å². The fourth-order valence-corrected chi connectivity index (χ4v) is 5.92. The van der Waals surface area contributed by atoms with Gasteiger partial charge in [0.25, 0.3) is 17.4 Å². The second kappa shape index (κ2) is 12.3. The highest BCUT2D eigenvalue weighted by atomic mass is 19.4. The van der Waals surface area contributed by atoms with Gasteiger partial charge in [-0.05, 0) is 75.1 Å². The Kier molecular flexibility index (Phi) is 9.16. The Labute approximate surface area is 239 Å². The number of halogens is 3. The number of methoxy groups -OCH3 is 1. The summed E-state index contributed by atoms with van der Waals surface area (Å²) in [6.45, 7) is 3.87. The Balaban J connectivity index is 1.31. The molecule has 0 bridgehead atoms. The molecule has 0 aliphatic carbocycles. The lowest BCUT2D eigenvalue weighted by Gasteiger charge is -2.40. The molecule has 0 spiro atoms. The lowest BCUT2D eigenvalue weighted by atomic mass is 9.82. The minimum absolute atomic E-state index is 0.0728. The van der Waals surface area contributed by atoms with Gasteiger partial charge in [0.2, 0.25) is 0 Å². The number of carbonyl (C=O) groups is 2. The number of aromatic nitrogens is 1. The van der Waals surface area contributed by atoms with Gasteiger partial charge in [0.15, 0.2) is 0 Å². The zero-order valence-corrected chi connectivity index (χ0v) is 24.1. The molecule has 8 nitrogen and oxygen atoms in total. The van der Waals surface area contributed by atoms with E-state index in [4.69, 9.17) is 4.74 Å². The van der Waals surface area contributed by atoms with E-state index in [1.54, 1.807) is 14.1 Å². The van der Waals surface area contributed by atoms with Crippen LogP contribution in [0.1, 0.15) is 53.7 Å². The van der Waals surface area contributed by atoms with Gasteiger partial charge in [0, 0.05) is 45.8 Å². The normalized spacial score (nSPS) is 18.6. The fourth-order valence-electron chi connectivity index (χ4n) is 5.92. The van der Waals surface area contributed by atoms with Crippen molar-refractivity contribution in [2.45, 2.75) is 50.8 Å². The first-order valence-electron chi connectivity index (χ1n) is 14.0. The molecule has 4 rings (SSSR count). The van der Waals surface area contributed by atoms with Crippen molar-refractivity contribution in [3.8, 4) is 5.75 Å². The Morgan fingerprint density at radius 1 is 1.02 bits per heavy atom. The molecule has 1 N–H and O–H groups in total. The van der Waals surface area contributed by atoms with Gasteiger partial charge in [-0.1, -0.05) is 12.1 Å². The average Bonchev–Trinajstić information content (AvgIpc) is 2.96. The third-order valence-corrected chi connectivity index (χ3v) is 8.42. The Bertz CT molecular complexity index is 1240. The second-order valence-electron chi connectivity index (χ2n) is 11.3. The highest BCUT2D eigenvalue weighted by Gasteiger charge is 2.62. The molecule has 2 saturated heterocycles. The van der Waals surface area contributed by atoms with Gasteiger partial charge in [0.1, 0.15) is 11.6 Å². The maximum Gasteiger partial charge on any atom is 0.430 e. The van der Waals surface area contributed by atoms with Gasteiger partial charge < -0.3 is 24.5 Å². The number of nitrogens with zero attached hydrogens (tertiary/aromatic N) is 4. The molecule has 0 unspecified atom stereocenters. The third-order valence-electron chi connectivity index (χ3n) is 8.42. The maximum absolute atomic E-state index is 14.1. The van der Waals surface area contributed by atoms with Crippen molar-refractivity contribution in [3.63, 3.8) is 0 Å². The molecule has 224 valence electrons. The van der Waals surface area contributed by atoms with Crippen LogP contribution in [-0.2, 0) is 10.4 Å². The molecular formula is C30H39F3N4O4. The van der Waals surface area contributed by atoms with Gasteiger partial charge in [-0.3, -0.25) is 9.59 Å². The molecule has 1 aromatic carbocycles. The van der Waals surface area contributed by atoms with Crippen LogP contribution in [0.15, 0.2) is 36.4 Å². The molecule has 0 saturated carbocycles. The van der Waals surface area contributed by atoms with E-state index in [9.17, 15) is 27.9 Å². The molecule has 0 radical (unpaired) electrons. The fraction of sp³-hybridized carbons (Fsp3) is 0.567. The summed E-state index contributed by atoms with van der Waals surface area (Å²) < 4.78 is 47.4. The van der Waals surface area contributed by atoms with Crippen molar-refractivity contribution in [2.75, 3.05) is 52.3 Å². The first kappa shape index (κ1) is 30.6. The van der Waals surface area contributed by atoms with E-state index in [-0.39, 0.29) is 24.7 Å². The summed E-state index contributed by atoms with van der Waals surface area (Å²) in [6, 6.07) is 8.66. The van der Waals surface area contributed by atoms with Crippen LogP contribution < -0.4 is 9.64 Å². The van der Waals surface area contributed by atoms with Crippen molar-refractivity contribution in [1.82, 2.24) is 14.8 Å². The number of hydrogen-bond acceptors (Lipinski definition) is 6. The number of hydrogen-bond donors (Lipinski definition) is 1. The van der Waals surface area contributed by atoms with E-state index < -0.39 is 23.2 Å². The quantitative estimate of drug-likeness (QED) is 0.526. The summed E-state index contributed by atoms with van der Waals surface area (Å²) in [5, 5.41) is 10.8. The van der Waals surface area contributed by atoms with Crippen molar-refractivity contribution >= 4 is 17.6 Å². The monoisotopic (exact) mass is 576 g/mol. The van der Waals surface area contributed by atoms with Crippen LogP contribution >= 0.6 is 0 Å². The standard InChI is InChI=1S/C30H39F3N4O4/c1-20-25(27(38)35(2)3)8-9-26(34-20)36-14-10-21(11-15-36)18-22-12-16-37(17-13-22)28(39)29(40,30(31,32)33)23-6-5-7-24(19-23)41-4/h5-9,19,21-22,40H,10-18H2,1-4H3/t29-/m1/s1. The number of aryl methyl sites for hydroxylation is 1. The van der Waals surface area contributed by atoms with Crippen LogP contribution in [0, 0.1) is 18.8 Å². The summed E-state index contributed by atoms with van der Waals surface area (Å²) in [5.41, 5.74) is -2.89. The van der Waals surface area contributed by atoms with Gasteiger partial charge in [-0.25, -0.2) is 4.98 Å². The Hall–Kier alpha value is -3.34. The van der Waals surface area contributed by atoms with Crippen molar-refractivity contribution in [1.29, 1.82) is 0 Å². The highest BCUT2D eigenvalue weighted by molar-refractivity contribution is 5.95. The minimum atomic E-state index is -5.18. The number of carbonyl (C=O) groups excluding carboxylic acids is 2. The number of anilines is 1. The number of benzene rings is 1. The molecule has 2 fully saturated rings. The van der Waals surface area contributed by atoms with Crippen LogP contribution in [0.2, 0.25) is 0 Å². The number of amides is 2. The van der Waals surface area contributed by atoms with Gasteiger partial charge in [-0.15, -0.1) is 0 Å². The number of rotatable bonds is 7. The molecule has 2 aromatic rings. The van der Waals surface area contributed by atoms with Crippen LogP contribution in [0.5, 0.6) is 5.75 Å². The summed E-state index contributed by atoms with van der Waals surface area (Å²) in [5.74, 6) is 0.366.